The van der Waals surface area contributed by atoms with Gasteiger partial charge in [0.05, 0.1) is 21.1 Å². The number of aryl methyl sites for hydroxylation is 2. The molecule has 0 bridgehead atoms. The fourth-order valence-electron chi connectivity index (χ4n) is 2.72. The van der Waals surface area contributed by atoms with Gasteiger partial charge in [-0.15, -0.1) is 0 Å². The lowest BCUT2D eigenvalue weighted by atomic mass is 10.1. The molecule has 0 saturated carbocycles. The summed E-state index contributed by atoms with van der Waals surface area (Å²) < 4.78 is 2.51. The van der Waals surface area contributed by atoms with E-state index in [4.69, 9.17) is 0 Å². The number of hydrogen-bond donors (Lipinski definition) is 1. The number of thiazole rings is 1. The van der Waals surface area contributed by atoms with E-state index < -0.39 is 5.91 Å². The maximum atomic E-state index is 12.7. The van der Waals surface area contributed by atoms with E-state index >= 15 is 0 Å². The molecule has 0 fully saturated rings. The average Bonchev–Trinajstić information content (AvgIpc) is 3.00. The van der Waals surface area contributed by atoms with Crippen LogP contribution >= 0.6 is 11.3 Å². The van der Waals surface area contributed by atoms with E-state index in [0.717, 1.165) is 15.8 Å². The van der Waals surface area contributed by atoms with Crippen LogP contribution in [0.1, 0.15) is 16.1 Å². The predicted octanol–water partition coefficient (Wildman–Crippen LogP) is 3.10. The minimum atomic E-state index is -0.553. The number of amides is 1. The minimum Gasteiger partial charge on any atom is -0.296 e. The Hall–Kier alpha value is -3.06. The van der Waals surface area contributed by atoms with Crippen LogP contribution in [0.5, 0.6) is 0 Å². The van der Waals surface area contributed by atoms with Crippen LogP contribution in [0.4, 0.5) is 5.13 Å². The highest BCUT2D eigenvalue weighted by molar-refractivity contribution is 7.22. The van der Waals surface area contributed by atoms with Crippen molar-refractivity contribution in [3.63, 3.8) is 0 Å². The van der Waals surface area contributed by atoms with Gasteiger partial charge in [0.1, 0.15) is 0 Å². The first kappa shape index (κ1) is 15.5. The zero-order valence-electron chi connectivity index (χ0n) is 13.6. The average molecular weight is 350 g/mol. The molecule has 0 unspecified atom stereocenters. The molecule has 124 valence electrons. The molecule has 0 aliphatic carbocycles. The van der Waals surface area contributed by atoms with Crippen LogP contribution in [0.3, 0.4) is 0 Å². The molecular formula is C18H14N4O2S. The summed E-state index contributed by atoms with van der Waals surface area (Å²) in [6, 6.07) is 13.1. The van der Waals surface area contributed by atoms with Crippen molar-refractivity contribution in [3.05, 3.63) is 63.9 Å². The van der Waals surface area contributed by atoms with Gasteiger partial charge in [-0.1, -0.05) is 35.1 Å². The third kappa shape index (κ3) is 2.68. The highest BCUT2D eigenvalue weighted by atomic mass is 32.1. The van der Waals surface area contributed by atoms with Crippen molar-refractivity contribution in [2.45, 2.75) is 6.92 Å². The second-order valence-electron chi connectivity index (χ2n) is 5.76. The zero-order valence-corrected chi connectivity index (χ0v) is 14.4. The Balaban J connectivity index is 1.77. The van der Waals surface area contributed by atoms with Gasteiger partial charge in [0.15, 0.2) is 10.8 Å². The lowest BCUT2D eigenvalue weighted by Crippen LogP contribution is -2.26. The SMILES string of the molecule is Cc1ccc2c(c1)c(=O)c(C(=O)Nc1nc3ccccc3s1)nn2C. The van der Waals surface area contributed by atoms with Gasteiger partial charge in [-0.2, -0.15) is 5.10 Å². The lowest BCUT2D eigenvalue weighted by molar-refractivity contribution is 0.101. The second-order valence-corrected chi connectivity index (χ2v) is 6.79. The number of fused-ring (bicyclic) bond motifs is 2. The number of carbonyl (C=O) groups is 1. The van der Waals surface area contributed by atoms with Crippen LogP contribution in [-0.4, -0.2) is 20.7 Å². The quantitative estimate of drug-likeness (QED) is 0.603. The third-order valence-electron chi connectivity index (χ3n) is 3.94. The molecule has 2 heterocycles. The summed E-state index contributed by atoms with van der Waals surface area (Å²) in [4.78, 5) is 29.6. The second kappa shape index (κ2) is 5.78. The van der Waals surface area contributed by atoms with E-state index in [0.29, 0.717) is 16.0 Å². The van der Waals surface area contributed by atoms with E-state index in [1.807, 2.05) is 43.3 Å². The Labute approximate surface area is 146 Å². The van der Waals surface area contributed by atoms with Gasteiger partial charge in [0.25, 0.3) is 5.91 Å². The maximum absolute atomic E-state index is 12.7. The van der Waals surface area contributed by atoms with Crippen LogP contribution < -0.4 is 10.7 Å². The van der Waals surface area contributed by atoms with Crippen LogP contribution in [0.2, 0.25) is 0 Å². The zero-order chi connectivity index (χ0) is 17.6. The van der Waals surface area contributed by atoms with Crippen molar-refractivity contribution in [2.75, 3.05) is 5.32 Å². The van der Waals surface area contributed by atoms with Crippen LogP contribution in [0.15, 0.2) is 47.3 Å². The number of benzene rings is 2. The molecule has 4 rings (SSSR count). The fraction of sp³-hybridized carbons (Fsp3) is 0.111. The summed E-state index contributed by atoms with van der Waals surface area (Å²) in [6.07, 6.45) is 0. The molecule has 7 heteroatoms. The molecule has 0 saturated heterocycles. The number of para-hydroxylation sites is 1. The molecule has 4 aromatic rings. The molecule has 25 heavy (non-hydrogen) atoms. The topological polar surface area (TPSA) is 76.9 Å². The van der Waals surface area contributed by atoms with E-state index in [1.165, 1.54) is 11.3 Å². The molecular weight excluding hydrogens is 336 g/mol. The van der Waals surface area contributed by atoms with Gasteiger partial charge in [-0.05, 0) is 31.2 Å². The molecule has 0 radical (unpaired) electrons. The monoisotopic (exact) mass is 350 g/mol. The summed E-state index contributed by atoms with van der Waals surface area (Å²) in [6.45, 7) is 1.90. The molecule has 2 aromatic carbocycles. The number of anilines is 1. The summed E-state index contributed by atoms with van der Waals surface area (Å²) >= 11 is 1.36. The van der Waals surface area contributed by atoms with Gasteiger partial charge in [0, 0.05) is 7.05 Å². The normalized spacial score (nSPS) is 11.1. The standard InChI is InChI=1S/C18H14N4O2S/c1-10-7-8-13-11(9-10)16(23)15(21-22(13)2)17(24)20-18-19-12-5-3-4-6-14(12)25-18/h3-9H,1-2H3,(H,19,20,24). The molecule has 0 atom stereocenters. The Bertz CT molecular complexity index is 1160. The minimum absolute atomic E-state index is 0.139. The van der Waals surface area contributed by atoms with Gasteiger partial charge < -0.3 is 0 Å². The first-order chi connectivity index (χ1) is 12.0. The summed E-state index contributed by atoms with van der Waals surface area (Å²) in [5.74, 6) is -0.553. The van der Waals surface area contributed by atoms with Gasteiger partial charge >= 0.3 is 0 Å². The molecule has 0 aliphatic heterocycles. The molecule has 0 aliphatic rings. The van der Waals surface area contributed by atoms with E-state index in [1.54, 1.807) is 17.8 Å². The van der Waals surface area contributed by atoms with Crippen molar-refractivity contribution < 1.29 is 4.79 Å². The van der Waals surface area contributed by atoms with Crippen molar-refractivity contribution in [1.82, 2.24) is 14.8 Å². The number of carbonyl (C=O) groups excluding carboxylic acids is 1. The Morgan fingerprint density at radius 1 is 1.20 bits per heavy atom. The van der Waals surface area contributed by atoms with Gasteiger partial charge in [-0.25, -0.2) is 4.98 Å². The third-order valence-corrected chi connectivity index (χ3v) is 4.89. The lowest BCUT2D eigenvalue weighted by Gasteiger charge is -2.08. The summed E-state index contributed by atoms with van der Waals surface area (Å²) in [7, 11) is 1.71. The number of aromatic nitrogens is 3. The van der Waals surface area contributed by atoms with Crippen molar-refractivity contribution in [3.8, 4) is 0 Å². The molecule has 0 spiro atoms. The van der Waals surface area contributed by atoms with Crippen LogP contribution in [0, 0.1) is 6.92 Å². The number of nitrogens with zero attached hydrogens (tertiary/aromatic N) is 3. The fourth-order valence-corrected chi connectivity index (χ4v) is 3.58. The van der Waals surface area contributed by atoms with Crippen molar-refractivity contribution >= 4 is 43.5 Å². The Kier molecular flexibility index (Phi) is 3.58. The number of nitrogens with one attached hydrogen (secondary N) is 1. The van der Waals surface area contributed by atoms with Crippen molar-refractivity contribution in [1.29, 1.82) is 0 Å². The van der Waals surface area contributed by atoms with E-state index in [-0.39, 0.29) is 11.1 Å². The van der Waals surface area contributed by atoms with Crippen molar-refractivity contribution in [2.24, 2.45) is 7.05 Å². The highest BCUT2D eigenvalue weighted by Gasteiger charge is 2.18. The number of hydrogen-bond acceptors (Lipinski definition) is 5. The van der Waals surface area contributed by atoms with E-state index in [2.05, 4.69) is 15.4 Å². The summed E-state index contributed by atoms with van der Waals surface area (Å²) in [5.41, 5.74) is 1.92. The highest BCUT2D eigenvalue weighted by Crippen LogP contribution is 2.25. The van der Waals surface area contributed by atoms with Gasteiger partial charge in [0.2, 0.25) is 5.43 Å². The molecule has 2 aromatic heterocycles. The first-order valence-corrected chi connectivity index (χ1v) is 8.49. The molecule has 1 amide bonds. The van der Waals surface area contributed by atoms with Crippen LogP contribution in [-0.2, 0) is 7.05 Å². The Morgan fingerprint density at radius 2 is 2.00 bits per heavy atom. The van der Waals surface area contributed by atoms with Crippen LogP contribution in [0.25, 0.3) is 21.1 Å². The summed E-state index contributed by atoms with van der Waals surface area (Å²) in [5, 5.41) is 7.76. The largest absolute Gasteiger partial charge is 0.296 e. The van der Waals surface area contributed by atoms with E-state index in [9.17, 15) is 9.59 Å². The smallest absolute Gasteiger partial charge is 0.281 e. The predicted molar refractivity (Wildman–Crippen MR) is 99.3 cm³/mol. The van der Waals surface area contributed by atoms with Gasteiger partial charge in [-0.3, -0.25) is 19.6 Å². The number of rotatable bonds is 2. The molecule has 6 nitrogen and oxygen atoms in total. The maximum Gasteiger partial charge on any atom is 0.281 e. The first-order valence-electron chi connectivity index (χ1n) is 7.67. The molecule has 1 N–H and O–H groups in total. The Morgan fingerprint density at radius 3 is 2.80 bits per heavy atom.